The quantitative estimate of drug-likeness (QED) is 0.602. The number of hydrogen-bond donors (Lipinski definition) is 0. The van der Waals surface area contributed by atoms with Gasteiger partial charge in [-0.05, 0) is 42.7 Å². The van der Waals surface area contributed by atoms with Crippen LogP contribution in [0.3, 0.4) is 0 Å². The first kappa shape index (κ1) is 17.4. The third-order valence-electron chi connectivity index (χ3n) is 4.36. The second-order valence-corrected chi connectivity index (χ2v) is 7.69. The number of sulfonamides is 1. The van der Waals surface area contributed by atoms with Crippen LogP contribution < -0.4 is 4.74 Å². The van der Waals surface area contributed by atoms with Gasteiger partial charge in [-0.25, -0.2) is 8.42 Å². The minimum absolute atomic E-state index is 0.0681. The van der Waals surface area contributed by atoms with Crippen LogP contribution in [0.1, 0.15) is 24.4 Å². The molecule has 0 spiro atoms. The van der Waals surface area contributed by atoms with Crippen molar-refractivity contribution in [1.29, 1.82) is 0 Å². The maximum atomic E-state index is 13.0. The number of methoxy groups -OCH3 is 1. The Kier molecular flexibility index (Phi) is 4.73. The van der Waals surface area contributed by atoms with Gasteiger partial charge in [0.25, 0.3) is 5.69 Å². The summed E-state index contributed by atoms with van der Waals surface area (Å²) in [5, 5.41) is 10.7. The van der Waals surface area contributed by atoms with Crippen LogP contribution in [0.5, 0.6) is 5.75 Å². The summed E-state index contributed by atoms with van der Waals surface area (Å²) in [7, 11) is -2.14. The van der Waals surface area contributed by atoms with Gasteiger partial charge in [0.15, 0.2) is 0 Å². The summed E-state index contributed by atoms with van der Waals surface area (Å²) in [6.07, 6.45) is 1.50. The maximum absolute atomic E-state index is 13.0. The molecule has 0 aliphatic carbocycles. The first-order chi connectivity index (χ1) is 11.9. The Morgan fingerprint density at radius 2 is 1.76 bits per heavy atom. The van der Waals surface area contributed by atoms with E-state index in [0.29, 0.717) is 12.3 Å². The van der Waals surface area contributed by atoms with Crippen LogP contribution >= 0.6 is 0 Å². The van der Waals surface area contributed by atoms with Gasteiger partial charge in [0.05, 0.1) is 23.0 Å². The molecule has 1 saturated heterocycles. The number of benzene rings is 2. The van der Waals surface area contributed by atoms with Crippen molar-refractivity contribution in [2.75, 3.05) is 13.7 Å². The summed E-state index contributed by atoms with van der Waals surface area (Å²) in [6.45, 7) is 0.427. The summed E-state index contributed by atoms with van der Waals surface area (Å²) >= 11 is 0. The number of nitro groups is 1. The molecule has 2 aromatic carbocycles. The van der Waals surface area contributed by atoms with Crippen molar-refractivity contribution in [2.45, 2.75) is 23.8 Å². The zero-order valence-electron chi connectivity index (χ0n) is 13.7. The smallest absolute Gasteiger partial charge is 0.269 e. The molecule has 1 aliphatic heterocycles. The lowest BCUT2D eigenvalue weighted by molar-refractivity contribution is -0.384. The summed E-state index contributed by atoms with van der Waals surface area (Å²) in [5.41, 5.74) is 0.774. The van der Waals surface area contributed by atoms with Crippen molar-refractivity contribution < 1.29 is 18.1 Å². The van der Waals surface area contributed by atoms with E-state index in [1.54, 1.807) is 7.11 Å². The van der Waals surface area contributed by atoms with E-state index < -0.39 is 14.9 Å². The van der Waals surface area contributed by atoms with E-state index in [9.17, 15) is 18.5 Å². The molecule has 8 heteroatoms. The number of hydrogen-bond acceptors (Lipinski definition) is 5. The molecule has 7 nitrogen and oxygen atoms in total. The van der Waals surface area contributed by atoms with Gasteiger partial charge >= 0.3 is 0 Å². The Labute approximate surface area is 146 Å². The van der Waals surface area contributed by atoms with Gasteiger partial charge in [-0.15, -0.1) is 0 Å². The Morgan fingerprint density at radius 1 is 1.12 bits per heavy atom. The monoisotopic (exact) mass is 362 g/mol. The molecule has 0 amide bonds. The number of nitro benzene ring substituents is 1. The molecule has 0 unspecified atom stereocenters. The van der Waals surface area contributed by atoms with Crippen LogP contribution in [-0.2, 0) is 10.0 Å². The molecule has 1 atom stereocenters. The highest BCUT2D eigenvalue weighted by Crippen LogP contribution is 2.37. The Balaban J connectivity index is 1.90. The minimum atomic E-state index is -3.71. The summed E-state index contributed by atoms with van der Waals surface area (Å²) in [5.74, 6) is 0.714. The first-order valence-corrected chi connectivity index (χ1v) is 9.28. The molecular formula is C17H18N2O5S. The van der Waals surface area contributed by atoms with Crippen LogP contribution in [0, 0.1) is 10.1 Å². The van der Waals surface area contributed by atoms with Crippen LogP contribution in [-0.4, -0.2) is 31.3 Å². The number of rotatable bonds is 5. The van der Waals surface area contributed by atoms with Crippen molar-refractivity contribution in [3.05, 3.63) is 64.2 Å². The van der Waals surface area contributed by atoms with Crippen LogP contribution in [0.2, 0.25) is 0 Å². The average Bonchev–Trinajstić information content (AvgIpc) is 3.12. The molecule has 2 aromatic rings. The molecule has 25 heavy (non-hydrogen) atoms. The van der Waals surface area contributed by atoms with E-state index in [1.165, 1.54) is 28.6 Å². The van der Waals surface area contributed by atoms with E-state index in [0.717, 1.165) is 18.4 Å². The Morgan fingerprint density at radius 3 is 2.32 bits per heavy atom. The first-order valence-electron chi connectivity index (χ1n) is 7.84. The highest BCUT2D eigenvalue weighted by molar-refractivity contribution is 7.89. The van der Waals surface area contributed by atoms with Crippen molar-refractivity contribution in [3.63, 3.8) is 0 Å². The maximum Gasteiger partial charge on any atom is 0.269 e. The molecule has 3 rings (SSSR count). The van der Waals surface area contributed by atoms with Gasteiger partial charge < -0.3 is 4.74 Å². The summed E-state index contributed by atoms with van der Waals surface area (Å²) in [6, 6.07) is 12.1. The van der Waals surface area contributed by atoms with E-state index in [4.69, 9.17) is 4.74 Å². The van der Waals surface area contributed by atoms with E-state index in [-0.39, 0.29) is 16.6 Å². The molecule has 1 heterocycles. The highest BCUT2D eigenvalue weighted by atomic mass is 32.2. The zero-order chi connectivity index (χ0) is 18.0. The van der Waals surface area contributed by atoms with E-state index >= 15 is 0 Å². The van der Waals surface area contributed by atoms with Gasteiger partial charge in [-0.2, -0.15) is 4.31 Å². The van der Waals surface area contributed by atoms with Crippen LogP contribution in [0.4, 0.5) is 5.69 Å². The van der Waals surface area contributed by atoms with Gasteiger partial charge in [-0.1, -0.05) is 12.1 Å². The van der Waals surface area contributed by atoms with E-state index in [1.807, 2.05) is 24.3 Å². The average molecular weight is 362 g/mol. The Hall–Kier alpha value is -2.45. The highest BCUT2D eigenvalue weighted by Gasteiger charge is 2.36. The fourth-order valence-electron chi connectivity index (χ4n) is 3.06. The number of non-ortho nitro benzene ring substituents is 1. The topological polar surface area (TPSA) is 89.8 Å². The lowest BCUT2D eigenvalue weighted by atomic mass is 10.1. The third kappa shape index (κ3) is 3.35. The normalized spacial score (nSPS) is 18.2. The molecule has 0 radical (unpaired) electrons. The van der Waals surface area contributed by atoms with Gasteiger partial charge in [0.2, 0.25) is 10.0 Å². The molecule has 1 aliphatic rings. The van der Waals surface area contributed by atoms with Gasteiger partial charge in [-0.3, -0.25) is 10.1 Å². The molecule has 1 fully saturated rings. The number of nitrogens with zero attached hydrogens (tertiary/aromatic N) is 2. The van der Waals surface area contributed by atoms with Gasteiger partial charge in [0.1, 0.15) is 5.75 Å². The van der Waals surface area contributed by atoms with Crippen molar-refractivity contribution in [3.8, 4) is 5.75 Å². The molecule has 0 N–H and O–H groups in total. The summed E-state index contributed by atoms with van der Waals surface area (Å²) < 4.78 is 32.5. The zero-order valence-corrected chi connectivity index (χ0v) is 14.5. The minimum Gasteiger partial charge on any atom is -0.497 e. The molecule has 0 aromatic heterocycles. The summed E-state index contributed by atoms with van der Waals surface area (Å²) in [4.78, 5) is 10.3. The SMILES string of the molecule is COc1ccc([C@@H]2CCCN2S(=O)(=O)c2ccc([N+](=O)[O-])cc2)cc1. The largest absolute Gasteiger partial charge is 0.497 e. The fraction of sp³-hybridized carbons (Fsp3) is 0.294. The predicted octanol–water partition coefficient (Wildman–Crippen LogP) is 3.13. The third-order valence-corrected chi connectivity index (χ3v) is 6.28. The molecule has 0 bridgehead atoms. The van der Waals surface area contributed by atoms with Crippen molar-refractivity contribution in [1.82, 2.24) is 4.31 Å². The lowest BCUT2D eigenvalue weighted by Gasteiger charge is -2.24. The van der Waals surface area contributed by atoms with Crippen molar-refractivity contribution >= 4 is 15.7 Å². The lowest BCUT2D eigenvalue weighted by Crippen LogP contribution is -2.30. The van der Waals surface area contributed by atoms with Crippen LogP contribution in [0.25, 0.3) is 0 Å². The second-order valence-electron chi connectivity index (χ2n) is 5.80. The second kappa shape index (κ2) is 6.81. The van der Waals surface area contributed by atoms with Crippen molar-refractivity contribution in [2.24, 2.45) is 0 Å². The van der Waals surface area contributed by atoms with E-state index in [2.05, 4.69) is 0 Å². The standard InChI is InChI=1S/C17H18N2O5S/c1-24-15-8-4-13(5-9-15)17-3-2-12-18(17)25(22,23)16-10-6-14(7-11-16)19(20)21/h4-11,17H,2-3,12H2,1H3/t17-/m0/s1. The molecule has 132 valence electrons. The molecule has 0 saturated carbocycles. The fourth-order valence-corrected chi connectivity index (χ4v) is 4.74. The molecular weight excluding hydrogens is 344 g/mol. The van der Waals surface area contributed by atoms with Gasteiger partial charge in [0, 0.05) is 18.7 Å². The van der Waals surface area contributed by atoms with Crippen LogP contribution in [0.15, 0.2) is 53.4 Å². The Bertz CT molecular complexity index is 863. The number of ether oxygens (including phenoxy) is 1. The predicted molar refractivity (Wildman–Crippen MR) is 92.0 cm³/mol.